The van der Waals surface area contributed by atoms with E-state index in [1.54, 1.807) is 18.2 Å². The van der Waals surface area contributed by atoms with E-state index >= 15 is 0 Å². The normalized spacial score (nSPS) is 19.1. The zero-order chi connectivity index (χ0) is 13.9. The Bertz CT molecular complexity index is 670. The smallest absolute Gasteiger partial charge is 0.408 e. The van der Waals surface area contributed by atoms with Crippen molar-refractivity contribution in [3.63, 3.8) is 0 Å². The molecule has 1 aliphatic heterocycles. The lowest BCUT2D eigenvalue weighted by Gasteiger charge is -2.23. The molecule has 1 aromatic heterocycles. The van der Waals surface area contributed by atoms with E-state index in [2.05, 4.69) is 15.6 Å². The summed E-state index contributed by atoms with van der Waals surface area (Å²) in [5.74, 6) is -0.631. The van der Waals surface area contributed by atoms with Crippen molar-refractivity contribution in [3.8, 4) is 0 Å². The lowest BCUT2D eigenvalue weighted by molar-refractivity contribution is -0.119. The quantitative estimate of drug-likeness (QED) is 0.756. The number of fused-ring (bicyclic) bond motifs is 1. The molecule has 3 N–H and O–H groups in total. The van der Waals surface area contributed by atoms with Crippen LogP contribution in [-0.2, 0) is 9.53 Å². The maximum absolute atomic E-state index is 11.9. The molecule has 2 heterocycles. The van der Waals surface area contributed by atoms with Crippen molar-refractivity contribution in [2.24, 2.45) is 0 Å². The maximum Gasteiger partial charge on any atom is 0.417 e. The number of morpholine rings is 1. The van der Waals surface area contributed by atoms with Crippen LogP contribution >= 0.6 is 0 Å². The van der Waals surface area contributed by atoms with Crippen LogP contribution in [0, 0.1) is 0 Å². The molecular formula is C13H15N3O4. The average Bonchev–Trinajstić information content (AvgIpc) is 2.79. The summed E-state index contributed by atoms with van der Waals surface area (Å²) in [6.45, 7) is 2.13. The molecule has 0 saturated carbocycles. The molecule has 1 fully saturated rings. The number of oxazole rings is 1. The van der Waals surface area contributed by atoms with Crippen molar-refractivity contribution in [1.29, 1.82) is 0 Å². The van der Waals surface area contributed by atoms with Gasteiger partial charge in [0.15, 0.2) is 5.58 Å². The van der Waals surface area contributed by atoms with Crippen LogP contribution in [0.2, 0.25) is 0 Å². The summed E-state index contributed by atoms with van der Waals surface area (Å²) in [5, 5.41) is 5.95. The number of amides is 1. The van der Waals surface area contributed by atoms with Crippen LogP contribution in [0.5, 0.6) is 0 Å². The van der Waals surface area contributed by atoms with Crippen LogP contribution in [0.4, 0.5) is 5.69 Å². The number of hydrogen-bond donors (Lipinski definition) is 3. The van der Waals surface area contributed by atoms with Gasteiger partial charge in [0, 0.05) is 18.8 Å². The van der Waals surface area contributed by atoms with Crippen molar-refractivity contribution in [2.45, 2.75) is 12.5 Å². The minimum absolute atomic E-state index is 0.0961. The first-order valence-electron chi connectivity index (χ1n) is 6.46. The summed E-state index contributed by atoms with van der Waals surface area (Å²) >= 11 is 0. The number of benzene rings is 1. The predicted octanol–water partition coefficient (Wildman–Crippen LogP) is 0.438. The highest BCUT2D eigenvalue weighted by Gasteiger charge is 2.17. The van der Waals surface area contributed by atoms with Gasteiger partial charge in [0.05, 0.1) is 24.6 Å². The molecule has 1 atom stereocenters. The third kappa shape index (κ3) is 2.89. The van der Waals surface area contributed by atoms with Gasteiger partial charge in [-0.1, -0.05) is 0 Å². The molecule has 0 bridgehead atoms. The zero-order valence-electron chi connectivity index (χ0n) is 10.8. The summed E-state index contributed by atoms with van der Waals surface area (Å²) < 4.78 is 10.4. The fourth-order valence-electron chi connectivity index (χ4n) is 2.20. The Morgan fingerprint density at radius 2 is 2.35 bits per heavy atom. The maximum atomic E-state index is 11.9. The molecule has 20 heavy (non-hydrogen) atoms. The standard InChI is InChI=1S/C13H15N3O4/c17-12(6-9-7-14-3-4-19-9)15-8-1-2-11-10(5-8)16-13(18)20-11/h1-2,5,9,14H,3-4,6-7H2,(H,15,17)(H,16,18). The van der Waals surface area contributed by atoms with Gasteiger partial charge in [-0.15, -0.1) is 0 Å². The van der Waals surface area contributed by atoms with Crippen molar-refractivity contribution < 1.29 is 13.9 Å². The van der Waals surface area contributed by atoms with E-state index in [0.717, 1.165) is 6.54 Å². The van der Waals surface area contributed by atoms with E-state index in [-0.39, 0.29) is 12.0 Å². The highest BCUT2D eigenvalue weighted by molar-refractivity contribution is 5.93. The van der Waals surface area contributed by atoms with Gasteiger partial charge in [0.1, 0.15) is 0 Å². The number of aromatic amines is 1. The fourth-order valence-corrected chi connectivity index (χ4v) is 2.20. The Hall–Kier alpha value is -2.12. The lowest BCUT2D eigenvalue weighted by atomic mass is 10.2. The second-order valence-corrected chi connectivity index (χ2v) is 4.67. The molecule has 0 radical (unpaired) electrons. The predicted molar refractivity (Wildman–Crippen MR) is 72.7 cm³/mol. The zero-order valence-corrected chi connectivity index (χ0v) is 10.8. The van der Waals surface area contributed by atoms with E-state index in [1.165, 1.54) is 0 Å². The van der Waals surface area contributed by atoms with Crippen LogP contribution in [0.15, 0.2) is 27.4 Å². The lowest BCUT2D eigenvalue weighted by Crippen LogP contribution is -2.40. The fraction of sp³-hybridized carbons (Fsp3) is 0.385. The Morgan fingerprint density at radius 3 is 3.15 bits per heavy atom. The first-order valence-corrected chi connectivity index (χ1v) is 6.46. The first-order chi connectivity index (χ1) is 9.70. The van der Waals surface area contributed by atoms with Crippen molar-refractivity contribution in [1.82, 2.24) is 10.3 Å². The number of rotatable bonds is 3. The Kier molecular flexibility index (Phi) is 3.53. The van der Waals surface area contributed by atoms with Crippen molar-refractivity contribution >= 4 is 22.7 Å². The third-order valence-corrected chi connectivity index (χ3v) is 3.12. The van der Waals surface area contributed by atoms with Crippen LogP contribution in [0.25, 0.3) is 11.1 Å². The van der Waals surface area contributed by atoms with Crippen LogP contribution in [0.3, 0.4) is 0 Å². The highest BCUT2D eigenvalue weighted by atomic mass is 16.5. The second-order valence-electron chi connectivity index (χ2n) is 4.67. The Morgan fingerprint density at radius 1 is 1.45 bits per heavy atom. The largest absolute Gasteiger partial charge is 0.417 e. The summed E-state index contributed by atoms with van der Waals surface area (Å²) in [7, 11) is 0. The van der Waals surface area contributed by atoms with Crippen molar-refractivity contribution in [3.05, 3.63) is 28.7 Å². The molecule has 1 aromatic carbocycles. The van der Waals surface area contributed by atoms with Crippen LogP contribution in [0.1, 0.15) is 6.42 Å². The SMILES string of the molecule is O=C(CC1CNCCO1)Nc1ccc2oc(=O)[nH]c2c1. The monoisotopic (exact) mass is 277 g/mol. The summed E-state index contributed by atoms with van der Waals surface area (Å²) in [6.07, 6.45) is 0.202. The number of nitrogens with one attached hydrogen (secondary N) is 3. The number of H-pyrrole nitrogens is 1. The van der Waals surface area contributed by atoms with Gasteiger partial charge in [-0.05, 0) is 18.2 Å². The highest BCUT2D eigenvalue weighted by Crippen LogP contribution is 2.16. The average molecular weight is 277 g/mol. The molecule has 1 amide bonds. The van der Waals surface area contributed by atoms with E-state index in [9.17, 15) is 9.59 Å². The number of ether oxygens (including phenoxy) is 1. The van der Waals surface area contributed by atoms with Gasteiger partial charge < -0.3 is 19.8 Å². The number of carbonyl (C=O) groups excluding carboxylic acids is 1. The molecule has 3 rings (SSSR count). The van der Waals surface area contributed by atoms with Gasteiger partial charge >= 0.3 is 5.76 Å². The van der Waals surface area contributed by atoms with Crippen LogP contribution in [-0.4, -0.2) is 36.7 Å². The van der Waals surface area contributed by atoms with E-state index in [0.29, 0.717) is 36.4 Å². The van der Waals surface area contributed by atoms with E-state index < -0.39 is 5.76 Å². The van der Waals surface area contributed by atoms with Crippen LogP contribution < -0.4 is 16.4 Å². The molecule has 106 valence electrons. The van der Waals surface area contributed by atoms with Gasteiger partial charge in [-0.25, -0.2) is 4.79 Å². The van der Waals surface area contributed by atoms with Gasteiger partial charge in [0.25, 0.3) is 0 Å². The number of anilines is 1. The van der Waals surface area contributed by atoms with E-state index in [1.807, 2.05) is 0 Å². The molecule has 2 aromatic rings. The van der Waals surface area contributed by atoms with Gasteiger partial charge in [-0.3, -0.25) is 9.78 Å². The molecular weight excluding hydrogens is 262 g/mol. The summed E-state index contributed by atoms with van der Waals surface area (Å²) in [6, 6.07) is 5.00. The van der Waals surface area contributed by atoms with Gasteiger partial charge in [-0.2, -0.15) is 0 Å². The van der Waals surface area contributed by atoms with E-state index in [4.69, 9.17) is 9.15 Å². The Labute approximate surface area is 114 Å². The third-order valence-electron chi connectivity index (χ3n) is 3.12. The second kappa shape index (κ2) is 5.48. The molecule has 1 saturated heterocycles. The first kappa shape index (κ1) is 12.9. The number of aromatic nitrogens is 1. The molecule has 0 spiro atoms. The minimum Gasteiger partial charge on any atom is -0.408 e. The molecule has 1 unspecified atom stereocenters. The Balaban J connectivity index is 1.65. The molecule has 7 nitrogen and oxygen atoms in total. The molecule has 7 heteroatoms. The summed E-state index contributed by atoms with van der Waals surface area (Å²) in [4.78, 5) is 25.5. The van der Waals surface area contributed by atoms with Crippen molar-refractivity contribution in [2.75, 3.05) is 25.0 Å². The number of hydrogen-bond acceptors (Lipinski definition) is 5. The molecule has 0 aliphatic carbocycles. The summed E-state index contributed by atoms with van der Waals surface area (Å²) in [5.41, 5.74) is 1.64. The molecule has 1 aliphatic rings. The topological polar surface area (TPSA) is 96.4 Å². The van der Waals surface area contributed by atoms with Gasteiger partial charge in [0.2, 0.25) is 5.91 Å². The minimum atomic E-state index is -0.509. The number of carbonyl (C=O) groups is 1.